The van der Waals surface area contributed by atoms with E-state index in [1.165, 1.54) is 18.3 Å². The molecule has 2 heterocycles. The Bertz CT molecular complexity index is 1760. The number of para-hydroxylation sites is 1. The van der Waals surface area contributed by atoms with Crippen LogP contribution in [-0.4, -0.2) is 33.9 Å². The summed E-state index contributed by atoms with van der Waals surface area (Å²) in [7, 11) is 0. The molecule has 190 valence electrons. The molecule has 0 fully saturated rings. The van der Waals surface area contributed by atoms with Crippen LogP contribution >= 0.6 is 11.3 Å². The lowest BCUT2D eigenvalue weighted by Gasteiger charge is -2.08. The summed E-state index contributed by atoms with van der Waals surface area (Å²) in [5, 5.41) is 3.44. The summed E-state index contributed by atoms with van der Waals surface area (Å²) in [6, 6.07) is 24.2. The standard InChI is InChI=1S/C29H24N4O4S/c1-3-37-27(35)17-33-25-14-13-20(30-18(2)34)15-26(25)38-29(33)32-28(36)22-16-24(19-9-5-4-6-10-19)31-23-12-8-7-11-21(22)23/h4-16H,3,17H2,1-2H3,(H,30,34). The number of anilines is 1. The van der Waals surface area contributed by atoms with E-state index in [2.05, 4.69) is 10.3 Å². The van der Waals surface area contributed by atoms with Gasteiger partial charge in [0.25, 0.3) is 5.91 Å². The summed E-state index contributed by atoms with van der Waals surface area (Å²) < 4.78 is 7.58. The largest absolute Gasteiger partial charge is 0.465 e. The minimum Gasteiger partial charge on any atom is -0.465 e. The summed E-state index contributed by atoms with van der Waals surface area (Å²) >= 11 is 1.25. The van der Waals surface area contributed by atoms with Crippen LogP contribution in [0.4, 0.5) is 5.69 Å². The average Bonchev–Trinajstić information content (AvgIpc) is 3.23. The van der Waals surface area contributed by atoms with Crippen molar-refractivity contribution in [1.29, 1.82) is 0 Å². The fourth-order valence-corrected chi connectivity index (χ4v) is 5.25. The van der Waals surface area contributed by atoms with Crippen LogP contribution in [0.1, 0.15) is 24.2 Å². The van der Waals surface area contributed by atoms with E-state index in [1.807, 2.05) is 54.6 Å². The third-order valence-electron chi connectivity index (χ3n) is 5.81. The third-order valence-corrected chi connectivity index (χ3v) is 6.85. The third kappa shape index (κ3) is 5.23. The molecule has 5 aromatic rings. The minimum atomic E-state index is -0.452. The number of esters is 1. The number of carbonyl (C=O) groups excluding carboxylic acids is 3. The van der Waals surface area contributed by atoms with E-state index in [9.17, 15) is 14.4 Å². The van der Waals surface area contributed by atoms with Gasteiger partial charge in [-0.25, -0.2) is 4.98 Å². The van der Waals surface area contributed by atoms with Crippen LogP contribution in [0.25, 0.3) is 32.4 Å². The van der Waals surface area contributed by atoms with Crippen molar-refractivity contribution in [2.75, 3.05) is 11.9 Å². The summed E-state index contributed by atoms with van der Waals surface area (Å²) in [5.41, 5.74) is 3.96. The molecule has 38 heavy (non-hydrogen) atoms. The maximum absolute atomic E-state index is 13.7. The summed E-state index contributed by atoms with van der Waals surface area (Å²) in [6.07, 6.45) is 0. The van der Waals surface area contributed by atoms with Gasteiger partial charge in [-0.3, -0.25) is 14.4 Å². The van der Waals surface area contributed by atoms with Gasteiger partial charge in [0.1, 0.15) is 6.54 Å². The molecule has 0 aliphatic carbocycles. The first-order chi connectivity index (χ1) is 18.4. The molecule has 0 unspecified atom stereocenters. The highest BCUT2D eigenvalue weighted by Gasteiger charge is 2.17. The number of benzene rings is 3. The minimum absolute atomic E-state index is 0.105. The van der Waals surface area contributed by atoms with Crippen molar-refractivity contribution in [3.8, 4) is 11.3 Å². The van der Waals surface area contributed by atoms with Crippen LogP contribution in [0.3, 0.4) is 0 Å². The number of nitrogens with one attached hydrogen (secondary N) is 1. The van der Waals surface area contributed by atoms with Crippen LogP contribution in [0, 0.1) is 0 Å². The first-order valence-electron chi connectivity index (χ1n) is 12.0. The normalized spacial score (nSPS) is 11.6. The molecule has 0 atom stereocenters. The van der Waals surface area contributed by atoms with E-state index in [0.29, 0.717) is 38.2 Å². The molecule has 0 saturated carbocycles. The van der Waals surface area contributed by atoms with E-state index in [1.54, 1.807) is 35.8 Å². The van der Waals surface area contributed by atoms with Crippen LogP contribution in [0.15, 0.2) is 83.9 Å². The lowest BCUT2D eigenvalue weighted by Crippen LogP contribution is -2.23. The van der Waals surface area contributed by atoms with Gasteiger partial charge in [-0.2, -0.15) is 4.99 Å². The fraction of sp³-hybridized carbons (Fsp3) is 0.138. The Morgan fingerprint density at radius 3 is 2.53 bits per heavy atom. The molecule has 0 bridgehead atoms. The molecule has 0 radical (unpaired) electrons. The fourth-order valence-electron chi connectivity index (χ4n) is 4.18. The molecule has 0 aliphatic rings. The molecule has 5 rings (SSSR count). The number of pyridine rings is 1. The molecule has 0 aliphatic heterocycles. The van der Waals surface area contributed by atoms with Crippen LogP contribution in [0.2, 0.25) is 0 Å². The summed E-state index contributed by atoms with van der Waals surface area (Å²) in [4.78, 5) is 47.2. The number of hydrogen-bond acceptors (Lipinski definition) is 6. The number of hydrogen-bond donors (Lipinski definition) is 1. The van der Waals surface area contributed by atoms with Gasteiger partial charge in [0.05, 0.1) is 33.6 Å². The van der Waals surface area contributed by atoms with Crippen molar-refractivity contribution in [3.63, 3.8) is 0 Å². The monoisotopic (exact) mass is 524 g/mol. The predicted octanol–water partition coefficient (Wildman–Crippen LogP) is 5.18. The van der Waals surface area contributed by atoms with Gasteiger partial charge in [-0.1, -0.05) is 59.9 Å². The summed E-state index contributed by atoms with van der Waals surface area (Å²) in [6.45, 7) is 3.31. The number of nitrogens with zero attached hydrogens (tertiary/aromatic N) is 3. The Hall–Kier alpha value is -4.63. The number of rotatable bonds is 6. The van der Waals surface area contributed by atoms with Crippen LogP contribution in [-0.2, 0) is 20.9 Å². The van der Waals surface area contributed by atoms with Gasteiger partial charge in [-0.15, -0.1) is 0 Å². The molecule has 2 aromatic heterocycles. The van der Waals surface area contributed by atoms with Crippen molar-refractivity contribution in [3.05, 3.63) is 89.2 Å². The highest BCUT2D eigenvalue weighted by Crippen LogP contribution is 2.26. The Labute approximate surface area is 222 Å². The number of carbonyl (C=O) groups is 3. The van der Waals surface area contributed by atoms with Gasteiger partial charge in [-0.05, 0) is 37.3 Å². The van der Waals surface area contributed by atoms with Crippen molar-refractivity contribution >= 4 is 55.9 Å². The van der Waals surface area contributed by atoms with E-state index < -0.39 is 11.9 Å². The topological polar surface area (TPSA) is 103 Å². The van der Waals surface area contributed by atoms with Gasteiger partial charge >= 0.3 is 5.97 Å². The lowest BCUT2D eigenvalue weighted by atomic mass is 10.0. The maximum Gasteiger partial charge on any atom is 0.326 e. The van der Waals surface area contributed by atoms with E-state index in [0.717, 1.165) is 10.3 Å². The Morgan fingerprint density at radius 1 is 1.00 bits per heavy atom. The second-order valence-electron chi connectivity index (χ2n) is 8.49. The van der Waals surface area contributed by atoms with Crippen LogP contribution in [0.5, 0.6) is 0 Å². The number of thiazole rings is 1. The molecule has 0 spiro atoms. The Morgan fingerprint density at radius 2 is 1.76 bits per heavy atom. The first kappa shape index (κ1) is 25.0. The Kier molecular flexibility index (Phi) is 7.10. The number of aromatic nitrogens is 2. The molecule has 3 aromatic carbocycles. The van der Waals surface area contributed by atoms with Crippen LogP contribution < -0.4 is 10.1 Å². The first-order valence-corrected chi connectivity index (χ1v) is 12.9. The average molecular weight is 525 g/mol. The Balaban J connectivity index is 1.67. The van der Waals surface area contributed by atoms with E-state index >= 15 is 0 Å². The zero-order valence-corrected chi connectivity index (χ0v) is 21.6. The van der Waals surface area contributed by atoms with Gasteiger partial charge in [0.15, 0.2) is 4.80 Å². The maximum atomic E-state index is 13.7. The highest BCUT2D eigenvalue weighted by atomic mass is 32.1. The molecule has 9 heteroatoms. The number of fused-ring (bicyclic) bond motifs is 2. The van der Waals surface area contributed by atoms with Crippen molar-refractivity contribution in [1.82, 2.24) is 9.55 Å². The zero-order valence-electron chi connectivity index (χ0n) is 20.8. The molecular weight excluding hydrogens is 500 g/mol. The SMILES string of the molecule is CCOC(=O)Cn1c(=NC(=O)c2cc(-c3ccccc3)nc3ccccc23)sc2cc(NC(C)=O)ccc21. The van der Waals surface area contributed by atoms with Gasteiger partial charge in [0, 0.05) is 23.6 Å². The number of ether oxygens (including phenoxy) is 1. The molecule has 1 N–H and O–H groups in total. The molecular formula is C29H24N4O4S. The lowest BCUT2D eigenvalue weighted by molar-refractivity contribution is -0.143. The quantitative estimate of drug-likeness (QED) is 0.308. The summed E-state index contributed by atoms with van der Waals surface area (Å²) in [5.74, 6) is -1.08. The predicted molar refractivity (Wildman–Crippen MR) is 148 cm³/mol. The second-order valence-corrected chi connectivity index (χ2v) is 9.50. The second kappa shape index (κ2) is 10.8. The zero-order chi connectivity index (χ0) is 26.6. The smallest absolute Gasteiger partial charge is 0.326 e. The van der Waals surface area contributed by atoms with Crippen molar-refractivity contribution in [2.45, 2.75) is 20.4 Å². The van der Waals surface area contributed by atoms with E-state index in [4.69, 9.17) is 9.72 Å². The van der Waals surface area contributed by atoms with Crippen molar-refractivity contribution < 1.29 is 19.1 Å². The van der Waals surface area contributed by atoms with E-state index in [-0.39, 0.29) is 19.1 Å². The molecule has 2 amide bonds. The van der Waals surface area contributed by atoms with Gasteiger partial charge in [0.2, 0.25) is 5.91 Å². The van der Waals surface area contributed by atoms with Crippen molar-refractivity contribution in [2.24, 2.45) is 4.99 Å². The van der Waals surface area contributed by atoms with Gasteiger partial charge < -0.3 is 14.6 Å². The molecule has 8 nitrogen and oxygen atoms in total. The highest BCUT2D eigenvalue weighted by molar-refractivity contribution is 7.16. The number of amides is 2. The molecule has 0 saturated heterocycles.